The molecule has 1 aliphatic rings. The molecule has 0 radical (unpaired) electrons. The van der Waals surface area contributed by atoms with Crippen molar-refractivity contribution in [3.05, 3.63) is 57.0 Å². The Morgan fingerprint density at radius 3 is 2.30 bits per heavy atom. The number of alkyl halides is 2. The number of hydrogen-bond acceptors (Lipinski definition) is 2. The number of hydrogen-bond donors (Lipinski definition) is 2. The van der Waals surface area contributed by atoms with E-state index in [-0.39, 0.29) is 11.8 Å². The Kier molecular flexibility index (Phi) is 7.47. The second-order valence-electron chi connectivity index (χ2n) is 7.17. The SMILES string of the molecule is CCCCC(=O)Nc1cc(NC(=O)C2C(c3cc(Cl)cc(Cl)c3)C2(Cl)Cl)ccc1Cl. The van der Waals surface area contributed by atoms with E-state index in [2.05, 4.69) is 10.6 Å². The van der Waals surface area contributed by atoms with Gasteiger partial charge >= 0.3 is 0 Å². The van der Waals surface area contributed by atoms with Gasteiger partial charge in [0.25, 0.3) is 0 Å². The van der Waals surface area contributed by atoms with Crippen LogP contribution in [0.5, 0.6) is 0 Å². The third-order valence-electron chi connectivity index (χ3n) is 4.85. The molecule has 2 atom stereocenters. The Labute approximate surface area is 200 Å². The highest BCUT2D eigenvalue weighted by Gasteiger charge is 2.67. The lowest BCUT2D eigenvalue weighted by atomic mass is 10.1. The summed E-state index contributed by atoms with van der Waals surface area (Å²) in [6.45, 7) is 2.01. The van der Waals surface area contributed by atoms with Gasteiger partial charge in [-0.2, -0.15) is 0 Å². The van der Waals surface area contributed by atoms with Gasteiger partial charge in [0.1, 0.15) is 4.33 Å². The van der Waals surface area contributed by atoms with Crippen molar-refractivity contribution in [3.63, 3.8) is 0 Å². The first kappa shape index (κ1) is 23.5. The summed E-state index contributed by atoms with van der Waals surface area (Å²) in [5, 5.41) is 6.80. The Balaban J connectivity index is 1.73. The normalized spacial score (nSPS) is 19.3. The van der Waals surface area contributed by atoms with E-state index in [9.17, 15) is 9.59 Å². The molecule has 2 amide bonds. The molecule has 4 nitrogen and oxygen atoms in total. The quantitative estimate of drug-likeness (QED) is 0.386. The first-order valence-electron chi connectivity index (χ1n) is 9.37. The van der Waals surface area contributed by atoms with Crippen molar-refractivity contribution in [1.29, 1.82) is 0 Å². The number of carbonyl (C=O) groups is 2. The summed E-state index contributed by atoms with van der Waals surface area (Å²) in [4.78, 5) is 24.8. The number of anilines is 2. The van der Waals surface area contributed by atoms with Gasteiger partial charge in [-0.1, -0.05) is 48.1 Å². The molecule has 3 rings (SSSR count). The molecule has 160 valence electrons. The molecule has 30 heavy (non-hydrogen) atoms. The summed E-state index contributed by atoms with van der Waals surface area (Å²) >= 11 is 31.1. The predicted molar refractivity (Wildman–Crippen MR) is 125 cm³/mol. The molecule has 9 heteroatoms. The summed E-state index contributed by atoms with van der Waals surface area (Å²) in [5.74, 6) is -1.62. The van der Waals surface area contributed by atoms with Crippen LogP contribution in [-0.2, 0) is 9.59 Å². The zero-order valence-electron chi connectivity index (χ0n) is 15.9. The molecule has 0 aliphatic heterocycles. The maximum Gasteiger partial charge on any atom is 0.231 e. The summed E-state index contributed by atoms with van der Waals surface area (Å²) in [6.07, 6.45) is 2.09. The van der Waals surface area contributed by atoms with Gasteiger partial charge < -0.3 is 10.6 Å². The number of nitrogens with one attached hydrogen (secondary N) is 2. The molecule has 0 bridgehead atoms. The molecule has 0 saturated heterocycles. The number of amides is 2. The molecule has 2 N–H and O–H groups in total. The van der Waals surface area contributed by atoms with Gasteiger partial charge in [-0.3, -0.25) is 9.59 Å². The van der Waals surface area contributed by atoms with E-state index in [0.717, 1.165) is 12.8 Å². The van der Waals surface area contributed by atoms with E-state index in [1.807, 2.05) is 6.92 Å². The summed E-state index contributed by atoms with van der Waals surface area (Å²) in [6, 6.07) is 9.82. The zero-order chi connectivity index (χ0) is 22.1. The first-order chi connectivity index (χ1) is 14.1. The van der Waals surface area contributed by atoms with Gasteiger partial charge in [0, 0.05) is 28.1 Å². The third kappa shape index (κ3) is 5.35. The molecular weight excluding hydrogens is 490 g/mol. The van der Waals surface area contributed by atoms with Crippen molar-refractivity contribution < 1.29 is 9.59 Å². The highest BCUT2D eigenvalue weighted by molar-refractivity contribution is 6.53. The second kappa shape index (κ2) is 9.54. The van der Waals surface area contributed by atoms with E-state index >= 15 is 0 Å². The summed E-state index contributed by atoms with van der Waals surface area (Å²) < 4.78 is -1.28. The van der Waals surface area contributed by atoms with Crippen LogP contribution in [0.1, 0.15) is 37.7 Å². The van der Waals surface area contributed by atoms with Crippen molar-refractivity contribution in [1.82, 2.24) is 0 Å². The van der Waals surface area contributed by atoms with Crippen molar-refractivity contribution in [3.8, 4) is 0 Å². The fourth-order valence-corrected chi connectivity index (χ4v) is 4.83. The molecule has 1 aliphatic carbocycles. The zero-order valence-corrected chi connectivity index (χ0v) is 19.7. The minimum Gasteiger partial charge on any atom is -0.326 e. The van der Waals surface area contributed by atoms with Crippen LogP contribution in [-0.4, -0.2) is 16.1 Å². The minimum atomic E-state index is -1.28. The molecule has 2 aromatic carbocycles. The van der Waals surface area contributed by atoms with Crippen molar-refractivity contribution in [2.24, 2.45) is 5.92 Å². The number of unbranched alkanes of at least 4 members (excludes halogenated alkanes) is 1. The highest BCUT2D eigenvalue weighted by atomic mass is 35.5. The lowest BCUT2D eigenvalue weighted by molar-refractivity contribution is -0.117. The van der Waals surface area contributed by atoms with Gasteiger partial charge in [0.2, 0.25) is 11.8 Å². The summed E-state index contributed by atoms with van der Waals surface area (Å²) in [7, 11) is 0. The van der Waals surface area contributed by atoms with Crippen LogP contribution in [0.2, 0.25) is 15.1 Å². The van der Waals surface area contributed by atoms with E-state index in [4.69, 9.17) is 58.0 Å². The Morgan fingerprint density at radius 2 is 1.67 bits per heavy atom. The number of carbonyl (C=O) groups excluding carboxylic acids is 2. The maximum absolute atomic E-state index is 12.8. The lowest BCUT2D eigenvalue weighted by Crippen LogP contribution is -2.17. The van der Waals surface area contributed by atoms with E-state index in [1.54, 1.807) is 36.4 Å². The van der Waals surface area contributed by atoms with Crippen LogP contribution < -0.4 is 10.6 Å². The maximum atomic E-state index is 12.8. The van der Waals surface area contributed by atoms with Gasteiger partial charge in [-0.05, 0) is 48.4 Å². The topological polar surface area (TPSA) is 58.2 Å². The molecule has 2 unspecified atom stereocenters. The molecule has 0 heterocycles. The van der Waals surface area contributed by atoms with E-state index in [1.165, 1.54) is 0 Å². The van der Waals surface area contributed by atoms with Crippen LogP contribution in [0, 0.1) is 5.92 Å². The lowest BCUT2D eigenvalue weighted by Gasteiger charge is -2.11. The predicted octanol–water partition coefficient (Wildman–Crippen LogP) is 7.30. The highest BCUT2D eigenvalue weighted by Crippen LogP contribution is 2.65. The molecule has 1 saturated carbocycles. The van der Waals surface area contributed by atoms with Gasteiger partial charge in [-0.25, -0.2) is 0 Å². The van der Waals surface area contributed by atoms with Crippen molar-refractivity contribution >= 4 is 81.2 Å². The van der Waals surface area contributed by atoms with Gasteiger partial charge in [0.05, 0.1) is 16.6 Å². The Hall–Kier alpha value is -1.17. The van der Waals surface area contributed by atoms with Crippen LogP contribution in [0.4, 0.5) is 11.4 Å². The smallest absolute Gasteiger partial charge is 0.231 e. The average molecular weight is 509 g/mol. The van der Waals surface area contributed by atoms with Crippen molar-refractivity contribution in [2.45, 2.75) is 36.4 Å². The average Bonchev–Trinajstić information content (AvgIpc) is 3.24. The standard InChI is InChI=1S/C21H19Cl5N2O2/c1-2-3-4-17(29)28-16-10-14(5-6-15(16)24)27-20(30)19-18(21(19,25)26)11-7-12(22)9-13(23)8-11/h5-10,18-19H,2-4H2,1H3,(H,27,30)(H,28,29). The number of halogens is 5. The number of benzene rings is 2. The second-order valence-corrected chi connectivity index (χ2v) is 9.89. The fraction of sp³-hybridized carbons (Fsp3) is 0.333. The first-order valence-corrected chi connectivity index (χ1v) is 11.3. The molecule has 2 aromatic rings. The molecule has 1 fully saturated rings. The monoisotopic (exact) mass is 506 g/mol. The Bertz CT molecular complexity index is 960. The Morgan fingerprint density at radius 1 is 1.00 bits per heavy atom. The third-order valence-corrected chi connectivity index (χ3v) is 6.55. The van der Waals surface area contributed by atoms with Gasteiger partial charge in [0.15, 0.2) is 0 Å². The molecule has 0 spiro atoms. The van der Waals surface area contributed by atoms with E-state index in [0.29, 0.717) is 38.4 Å². The van der Waals surface area contributed by atoms with Gasteiger partial charge in [-0.15, -0.1) is 23.2 Å². The summed E-state index contributed by atoms with van der Waals surface area (Å²) in [5.41, 5.74) is 1.58. The minimum absolute atomic E-state index is 0.136. The fourth-order valence-electron chi connectivity index (χ4n) is 3.29. The van der Waals surface area contributed by atoms with Crippen LogP contribution in [0.15, 0.2) is 36.4 Å². The van der Waals surface area contributed by atoms with Crippen LogP contribution >= 0.6 is 58.0 Å². The van der Waals surface area contributed by atoms with E-state index < -0.39 is 16.2 Å². The molecule has 0 aromatic heterocycles. The largest absolute Gasteiger partial charge is 0.326 e. The molecular formula is C21H19Cl5N2O2. The number of rotatable bonds is 7. The van der Waals surface area contributed by atoms with Crippen molar-refractivity contribution in [2.75, 3.05) is 10.6 Å². The van der Waals surface area contributed by atoms with Crippen LogP contribution in [0.3, 0.4) is 0 Å². The van der Waals surface area contributed by atoms with Crippen LogP contribution in [0.25, 0.3) is 0 Å².